The normalized spacial score (nSPS) is 10.9. The first-order chi connectivity index (χ1) is 9.70. The van der Waals surface area contributed by atoms with Gasteiger partial charge in [0.25, 0.3) is 0 Å². The first-order valence-electron chi connectivity index (χ1n) is 6.48. The molecule has 1 heterocycles. The van der Waals surface area contributed by atoms with E-state index in [0.29, 0.717) is 23.7 Å². The zero-order valence-electron chi connectivity index (χ0n) is 11.4. The van der Waals surface area contributed by atoms with Crippen LogP contribution in [-0.4, -0.2) is 24.8 Å². The van der Waals surface area contributed by atoms with Gasteiger partial charge in [-0.2, -0.15) is 0 Å². The molecule has 0 saturated carbocycles. The molecular formula is C15H18ClFN2O. The van der Waals surface area contributed by atoms with Crippen molar-refractivity contribution < 1.29 is 9.13 Å². The van der Waals surface area contributed by atoms with E-state index in [1.165, 1.54) is 6.07 Å². The van der Waals surface area contributed by atoms with E-state index in [-0.39, 0.29) is 5.82 Å². The monoisotopic (exact) mass is 296 g/mol. The Hall–Kier alpha value is -1.36. The summed E-state index contributed by atoms with van der Waals surface area (Å²) in [5.41, 5.74) is 1.69. The molecule has 1 N–H and O–H groups in total. The Morgan fingerprint density at radius 1 is 1.35 bits per heavy atom. The van der Waals surface area contributed by atoms with Gasteiger partial charge in [0, 0.05) is 42.7 Å². The average Bonchev–Trinajstić information content (AvgIpc) is 2.86. The summed E-state index contributed by atoms with van der Waals surface area (Å²) in [4.78, 5) is 0. The summed E-state index contributed by atoms with van der Waals surface area (Å²) in [5, 5.41) is 3.82. The maximum atomic E-state index is 13.7. The SMILES string of the molecule is COCCNCc1cccn1Cc1cc(Cl)ccc1F. The predicted molar refractivity (Wildman–Crippen MR) is 78.5 cm³/mol. The third kappa shape index (κ3) is 4.07. The molecule has 3 nitrogen and oxygen atoms in total. The van der Waals surface area contributed by atoms with Gasteiger partial charge < -0.3 is 14.6 Å². The minimum Gasteiger partial charge on any atom is -0.383 e. The van der Waals surface area contributed by atoms with Crippen LogP contribution >= 0.6 is 11.6 Å². The van der Waals surface area contributed by atoms with Gasteiger partial charge >= 0.3 is 0 Å². The van der Waals surface area contributed by atoms with Crippen molar-refractivity contribution in [1.29, 1.82) is 0 Å². The fourth-order valence-electron chi connectivity index (χ4n) is 2.00. The number of benzene rings is 1. The van der Waals surface area contributed by atoms with Crippen molar-refractivity contribution in [1.82, 2.24) is 9.88 Å². The molecule has 0 saturated heterocycles. The van der Waals surface area contributed by atoms with E-state index < -0.39 is 0 Å². The molecule has 0 unspecified atom stereocenters. The van der Waals surface area contributed by atoms with Gasteiger partial charge in [-0.1, -0.05) is 11.6 Å². The van der Waals surface area contributed by atoms with Crippen molar-refractivity contribution in [2.45, 2.75) is 13.1 Å². The fraction of sp³-hybridized carbons (Fsp3) is 0.333. The second kappa shape index (κ2) is 7.43. The number of halogens is 2. The van der Waals surface area contributed by atoms with Crippen LogP contribution in [0.4, 0.5) is 4.39 Å². The maximum absolute atomic E-state index is 13.7. The molecule has 0 aliphatic carbocycles. The highest BCUT2D eigenvalue weighted by Gasteiger charge is 2.06. The second-order valence-electron chi connectivity index (χ2n) is 4.53. The van der Waals surface area contributed by atoms with Gasteiger partial charge in [-0.3, -0.25) is 0 Å². The van der Waals surface area contributed by atoms with Crippen molar-refractivity contribution in [2.75, 3.05) is 20.3 Å². The van der Waals surface area contributed by atoms with Crippen LogP contribution in [0.3, 0.4) is 0 Å². The van der Waals surface area contributed by atoms with Gasteiger partial charge in [-0.15, -0.1) is 0 Å². The van der Waals surface area contributed by atoms with E-state index in [4.69, 9.17) is 16.3 Å². The van der Waals surface area contributed by atoms with Crippen LogP contribution in [0.25, 0.3) is 0 Å². The zero-order chi connectivity index (χ0) is 14.4. The Labute approximate surface area is 123 Å². The number of aromatic nitrogens is 1. The Morgan fingerprint density at radius 3 is 3.00 bits per heavy atom. The van der Waals surface area contributed by atoms with Crippen molar-refractivity contribution in [3.05, 3.63) is 58.6 Å². The van der Waals surface area contributed by atoms with Crippen LogP contribution in [0, 0.1) is 5.82 Å². The molecule has 5 heteroatoms. The molecular weight excluding hydrogens is 279 g/mol. The van der Waals surface area contributed by atoms with Gasteiger partial charge in [-0.25, -0.2) is 4.39 Å². The molecule has 0 amide bonds. The van der Waals surface area contributed by atoms with Crippen LogP contribution in [0.2, 0.25) is 5.02 Å². The molecule has 0 spiro atoms. The molecule has 2 rings (SSSR count). The van der Waals surface area contributed by atoms with Gasteiger partial charge in [0.1, 0.15) is 5.82 Å². The fourth-order valence-corrected chi connectivity index (χ4v) is 2.20. The largest absolute Gasteiger partial charge is 0.383 e. The molecule has 0 radical (unpaired) electrons. The molecule has 0 fully saturated rings. The molecule has 0 aliphatic rings. The van der Waals surface area contributed by atoms with Crippen molar-refractivity contribution in [3.63, 3.8) is 0 Å². The standard InChI is InChI=1S/C15H18ClFN2O/c1-20-8-6-18-10-14-3-2-7-19(14)11-12-9-13(16)4-5-15(12)17/h2-5,7,9,18H,6,8,10-11H2,1H3. The molecule has 1 aromatic carbocycles. The smallest absolute Gasteiger partial charge is 0.128 e. The summed E-state index contributed by atoms with van der Waals surface area (Å²) in [7, 11) is 1.67. The van der Waals surface area contributed by atoms with Gasteiger partial charge in [-0.05, 0) is 30.3 Å². The van der Waals surface area contributed by atoms with E-state index in [0.717, 1.165) is 18.8 Å². The lowest BCUT2D eigenvalue weighted by molar-refractivity contribution is 0.199. The summed E-state index contributed by atoms with van der Waals surface area (Å²) in [6, 6.07) is 8.60. The van der Waals surface area contributed by atoms with Crippen molar-refractivity contribution in [3.8, 4) is 0 Å². The summed E-state index contributed by atoms with van der Waals surface area (Å²) in [6.45, 7) is 2.65. The third-order valence-corrected chi connectivity index (χ3v) is 3.30. The highest BCUT2D eigenvalue weighted by Crippen LogP contribution is 2.17. The predicted octanol–water partition coefficient (Wildman–Crippen LogP) is 3.06. The number of hydrogen-bond acceptors (Lipinski definition) is 2. The summed E-state index contributed by atoms with van der Waals surface area (Å²) in [5.74, 6) is -0.235. The molecule has 1 aromatic heterocycles. The quantitative estimate of drug-likeness (QED) is 0.795. The third-order valence-electron chi connectivity index (χ3n) is 3.06. The minimum absolute atomic E-state index is 0.235. The van der Waals surface area contributed by atoms with Crippen LogP contribution in [0.5, 0.6) is 0 Å². The lowest BCUT2D eigenvalue weighted by Crippen LogP contribution is -2.20. The minimum atomic E-state index is -0.235. The highest BCUT2D eigenvalue weighted by molar-refractivity contribution is 6.30. The number of methoxy groups -OCH3 is 1. The first-order valence-corrected chi connectivity index (χ1v) is 6.86. The first kappa shape index (κ1) is 15.0. The maximum Gasteiger partial charge on any atom is 0.128 e. The van der Waals surface area contributed by atoms with Gasteiger partial charge in [0.15, 0.2) is 0 Å². The molecule has 0 bridgehead atoms. The zero-order valence-corrected chi connectivity index (χ0v) is 12.2. The van der Waals surface area contributed by atoms with Crippen molar-refractivity contribution in [2.24, 2.45) is 0 Å². The Kier molecular flexibility index (Phi) is 5.59. The molecule has 2 aromatic rings. The van der Waals surface area contributed by atoms with E-state index in [1.54, 1.807) is 19.2 Å². The summed E-state index contributed by atoms with van der Waals surface area (Å²) >= 11 is 5.91. The summed E-state index contributed by atoms with van der Waals surface area (Å²) < 4.78 is 20.7. The number of ether oxygens (including phenoxy) is 1. The van der Waals surface area contributed by atoms with Gasteiger partial charge in [0.2, 0.25) is 0 Å². The second-order valence-corrected chi connectivity index (χ2v) is 4.97. The Balaban J connectivity index is 2.02. The lowest BCUT2D eigenvalue weighted by Gasteiger charge is -2.11. The number of nitrogens with zero attached hydrogens (tertiary/aromatic N) is 1. The molecule has 0 aliphatic heterocycles. The Morgan fingerprint density at radius 2 is 2.20 bits per heavy atom. The summed E-state index contributed by atoms with van der Waals surface area (Å²) in [6.07, 6.45) is 1.94. The highest BCUT2D eigenvalue weighted by atomic mass is 35.5. The van der Waals surface area contributed by atoms with E-state index in [2.05, 4.69) is 5.32 Å². The molecule has 108 valence electrons. The van der Waals surface area contributed by atoms with Crippen LogP contribution in [0.1, 0.15) is 11.3 Å². The number of nitrogens with one attached hydrogen (secondary N) is 1. The van der Waals surface area contributed by atoms with E-state index in [1.807, 2.05) is 22.9 Å². The van der Waals surface area contributed by atoms with Crippen LogP contribution < -0.4 is 5.32 Å². The van der Waals surface area contributed by atoms with Gasteiger partial charge in [0.05, 0.1) is 13.2 Å². The van der Waals surface area contributed by atoms with Crippen LogP contribution in [0.15, 0.2) is 36.5 Å². The van der Waals surface area contributed by atoms with Crippen molar-refractivity contribution >= 4 is 11.6 Å². The molecule has 20 heavy (non-hydrogen) atoms. The number of hydrogen-bond donors (Lipinski definition) is 1. The van der Waals surface area contributed by atoms with Crippen LogP contribution in [-0.2, 0) is 17.8 Å². The van der Waals surface area contributed by atoms with E-state index in [9.17, 15) is 4.39 Å². The topological polar surface area (TPSA) is 26.2 Å². The Bertz CT molecular complexity index is 557. The average molecular weight is 297 g/mol. The molecule has 0 atom stereocenters. The lowest BCUT2D eigenvalue weighted by atomic mass is 10.2. The number of rotatable bonds is 7. The van der Waals surface area contributed by atoms with E-state index >= 15 is 0 Å².